The van der Waals surface area contributed by atoms with Gasteiger partial charge in [0.1, 0.15) is 5.60 Å². The fraction of sp³-hybridized carbons (Fsp3) is 0.375. The van der Waals surface area contributed by atoms with Crippen LogP contribution in [0.5, 0.6) is 0 Å². The Bertz CT molecular complexity index is 939. The molecule has 8 heteroatoms. The number of carbonyl (C=O) groups is 3. The van der Waals surface area contributed by atoms with Gasteiger partial charge < -0.3 is 20.3 Å². The van der Waals surface area contributed by atoms with Gasteiger partial charge in [-0.05, 0) is 63.6 Å². The molecule has 7 nitrogen and oxygen atoms in total. The number of para-hydroxylation sites is 1. The zero-order valence-electron chi connectivity index (χ0n) is 18.9. The number of hydrogen-bond acceptors (Lipinski definition) is 4. The Morgan fingerprint density at radius 1 is 1.03 bits per heavy atom. The summed E-state index contributed by atoms with van der Waals surface area (Å²) in [4.78, 5) is 38.6. The van der Waals surface area contributed by atoms with Gasteiger partial charge in [0.25, 0.3) is 5.91 Å². The van der Waals surface area contributed by atoms with Gasteiger partial charge in [-0.1, -0.05) is 29.8 Å². The van der Waals surface area contributed by atoms with Gasteiger partial charge in [-0.15, -0.1) is 0 Å². The standard InChI is InChI=1S/C24H30ClN3O4/c1-5-28(23(31)32-24(2,3)4)16-18-8-6-7-9-20(18)27-21(29)14-15-26-22(30)17-10-12-19(25)13-11-17/h6-13H,5,14-16H2,1-4H3,(H,26,30)(H,27,29). The van der Waals surface area contributed by atoms with E-state index in [9.17, 15) is 14.4 Å². The van der Waals surface area contributed by atoms with Crippen molar-refractivity contribution in [1.29, 1.82) is 0 Å². The van der Waals surface area contributed by atoms with Crippen molar-refractivity contribution in [3.05, 3.63) is 64.7 Å². The van der Waals surface area contributed by atoms with Crippen LogP contribution in [0.25, 0.3) is 0 Å². The largest absolute Gasteiger partial charge is 0.444 e. The van der Waals surface area contributed by atoms with E-state index in [1.165, 1.54) is 0 Å². The molecular weight excluding hydrogens is 430 g/mol. The van der Waals surface area contributed by atoms with Gasteiger partial charge in [0.05, 0.1) is 6.54 Å². The van der Waals surface area contributed by atoms with Gasteiger partial charge in [0, 0.05) is 35.8 Å². The molecule has 0 saturated carbocycles. The number of benzene rings is 2. The van der Waals surface area contributed by atoms with Crippen LogP contribution >= 0.6 is 11.6 Å². The fourth-order valence-electron chi connectivity index (χ4n) is 2.82. The number of halogens is 1. The van der Waals surface area contributed by atoms with E-state index in [1.807, 2.05) is 45.9 Å². The van der Waals surface area contributed by atoms with E-state index in [4.69, 9.17) is 16.3 Å². The zero-order valence-corrected chi connectivity index (χ0v) is 19.7. The summed E-state index contributed by atoms with van der Waals surface area (Å²) in [6.07, 6.45) is -0.303. The molecule has 2 N–H and O–H groups in total. The van der Waals surface area contributed by atoms with E-state index in [1.54, 1.807) is 35.2 Å². The van der Waals surface area contributed by atoms with Crippen LogP contribution in [0.3, 0.4) is 0 Å². The predicted molar refractivity (Wildman–Crippen MR) is 126 cm³/mol. The quantitative estimate of drug-likeness (QED) is 0.590. The molecule has 0 heterocycles. The van der Waals surface area contributed by atoms with Crippen LogP contribution in [0.1, 0.15) is 50.0 Å². The molecule has 172 valence electrons. The van der Waals surface area contributed by atoms with Crippen LogP contribution in [-0.4, -0.2) is 41.5 Å². The van der Waals surface area contributed by atoms with Crippen LogP contribution < -0.4 is 10.6 Å². The second-order valence-corrected chi connectivity index (χ2v) is 8.65. The highest BCUT2D eigenvalue weighted by Gasteiger charge is 2.22. The van der Waals surface area contributed by atoms with E-state index in [-0.39, 0.29) is 24.8 Å². The smallest absolute Gasteiger partial charge is 0.410 e. The summed E-state index contributed by atoms with van der Waals surface area (Å²) in [7, 11) is 0. The zero-order chi connectivity index (χ0) is 23.7. The van der Waals surface area contributed by atoms with Crippen molar-refractivity contribution >= 4 is 35.2 Å². The first-order chi connectivity index (χ1) is 15.1. The topological polar surface area (TPSA) is 87.7 Å². The van der Waals surface area contributed by atoms with Crippen molar-refractivity contribution in [2.24, 2.45) is 0 Å². The molecule has 2 aromatic rings. The lowest BCUT2D eigenvalue weighted by Gasteiger charge is -2.27. The van der Waals surface area contributed by atoms with Gasteiger partial charge in [0.15, 0.2) is 0 Å². The third kappa shape index (κ3) is 8.23. The third-order valence-corrected chi connectivity index (χ3v) is 4.68. The first-order valence-electron chi connectivity index (χ1n) is 10.5. The molecule has 0 atom stereocenters. The van der Waals surface area contributed by atoms with Gasteiger partial charge in [-0.25, -0.2) is 4.79 Å². The summed E-state index contributed by atoms with van der Waals surface area (Å²) in [5, 5.41) is 6.13. The molecule has 0 aromatic heterocycles. The predicted octanol–water partition coefficient (Wildman–Crippen LogP) is 4.86. The van der Waals surface area contributed by atoms with Crippen molar-refractivity contribution in [2.45, 2.75) is 46.3 Å². The Morgan fingerprint density at radius 2 is 1.69 bits per heavy atom. The Labute approximate surface area is 194 Å². The molecular formula is C24H30ClN3O4. The minimum absolute atomic E-state index is 0.108. The summed E-state index contributed by atoms with van der Waals surface area (Å²) in [5.41, 5.74) is 1.29. The van der Waals surface area contributed by atoms with Crippen LogP contribution in [0.15, 0.2) is 48.5 Å². The van der Waals surface area contributed by atoms with Crippen LogP contribution in [0.2, 0.25) is 5.02 Å². The van der Waals surface area contributed by atoms with Crippen molar-refractivity contribution in [2.75, 3.05) is 18.4 Å². The van der Waals surface area contributed by atoms with E-state index in [0.717, 1.165) is 5.56 Å². The minimum Gasteiger partial charge on any atom is -0.444 e. The average Bonchev–Trinajstić information content (AvgIpc) is 2.72. The van der Waals surface area contributed by atoms with E-state index >= 15 is 0 Å². The van der Waals surface area contributed by atoms with E-state index in [0.29, 0.717) is 29.4 Å². The van der Waals surface area contributed by atoms with Crippen LogP contribution in [0, 0.1) is 0 Å². The van der Waals surface area contributed by atoms with Crippen LogP contribution in [0.4, 0.5) is 10.5 Å². The molecule has 0 bridgehead atoms. The van der Waals surface area contributed by atoms with Crippen molar-refractivity contribution < 1.29 is 19.1 Å². The normalized spacial score (nSPS) is 10.9. The van der Waals surface area contributed by atoms with Gasteiger partial charge in [-0.3, -0.25) is 9.59 Å². The summed E-state index contributed by atoms with van der Waals surface area (Å²) >= 11 is 5.82. The maximum Gasteiger partial charge on any atom is 0.410 e. The van der Waals surface area contributed by atoms with Crippen molar-refractivity contribution in [3.8, 4) is 0 Å². The Balaban J connectivity index is 1.92. The minimum atomic E-state index is -0.589. The third-order valence-electron chi connectivity index (χ3n) is 4.43. The Kier molecular flexibility index (Phi) is 9.08. The van der Waals surface area contributed by atoms with Gasteiger partial charge in [-0.2, -0.15) is 0 Å². The van der Waals surface area contributed by atoms with Crippen molar-refractivity contribution in [1.82, 2.24) is 10.2 Å². The molecule has 2 aromatic carbocycles. The SMILES string of the molecule is CCN(Cc1ccccc1NC(=O)CCNC(=O)c1ccc(Cl)cc1)C(=O)OC(C)(C)C. The first kappa shape index (κ1) is 25.2. The van der Waals surface area contributed by atoms with Crippen molar-refractivity contribution in [3.63, 3.8) is 0 Å². The van der Waals surface area contributed by atoms with Gasteiger partial charge in [0.2, 0.25) is 5.91 Å². The number of ether oxygens (including phenoxy) is 1. The summed E-state index contributed by atoms with van der Waals surface area (Å²) in [6, 6.07) is 13.8. The molecule has 0 unspecified atom stereocenters. The van der Waals surface area contributed by atoms with Crippen LogP contribution in [-0.2, 0) is 16.1 Å². The lowest BCUT2D eigenvalue weighted by molar-refractivity contribution is -0.116. The lowest BCUT2D eigenvalue weighted by atomic mass is 10.1. The molecule has 0 aliphatic carbocycles. The Morgan fingerprint density at radius 3 is 2.31 bits per heavy atom. The highest BCUT2D eigenvalue weighted by atomic mass is 35.5. The number of rotatable bonds is 8. The Hall–Kier alpha value is -3.06. The number of hydrogen-bond donors (Lipinski definition) is 2. The second kappa shape index (κ2) is 11.5. The molecule has 2 rings (SSSR count). The average molecular weight is 460 g/mol. The molecule has 0 radical (unpaired) electrons. The monoisotopic (exact) mass is 459 g/mol. The fourth-order valence-corrected chi connectivity index (χ4v) is 2.95. The summed E-state index contributed by atoms with van der Waals surface area (Å²) < 4.78 is 5.45. The van der Waals surface area contributed by atoms with Gasteiger partial charge >= 0.3 is 6.09 Å². The molecule has 0 aliphatic rings. The first-order valence-corrected chi connectivity index (χ1v) is 10.9. The molecule has 32 heavy (non-hydrogen) atoms. The molecule has 3 amide bonds. The maximum atomic E-state index is 12.4. The number of amides is 3. The number of carbonyl (C=O) groups excluding carboxylic acids is 3. The number of nitrogens with one attached hydrogen (secondary N) is 2. The number of nitrogens with zero attached hydrogens (tertiary/aromatic N) is 1. The molecule has 0 aliphatic heterocycles. The highest BCUT2D eigenvalue weighted by molar-refractivity contribution is 6.30. The second-order valence-electron chi connectivity index (χ2n) is 8.21. The molecule has 0 spiro atoms. The summed E-state index contributed by atoms with van der Waals surface area (Å²) in [5.74, 6) is -0.514. The molecule has 0 fully saturated rings. The van der Waals surface area contributed by atoms with E-state index < -0.39 is 11.7 Å². The number of anilines is 1. The summed E-state index contributed by atoms with van der Waals surface area (Å²) in [6.45, 7) is 8.28. The molecule has 0 saturated heterocycles. The highest BCUT2D eigenvalue weighted by Crippen LogP contribution is 2.19. The maximum absolute atomic E-state index is 12.4. The lowest BCUT2D eigenvalue weighted by Crippen LogP contribution is -2.36. The van der Waals surface area contributed by atoms with E-state index in [2.05, 4.69) is 10.6 Å².